The number of rotatable bonds is 4. The van der Waals surface area contributed by atoms with Crippen LogP contribution >= 0.6 is 0 Å². The number of benzene rings is 2. The zero-order valence-electron chi connectivity index (χ0n) is 11.6. The zero-order chi connectivity index (χ0) is 15.2. The van der Waals surface area contributed by atoms with Crippen molar-refractivity contribution in [2.24, 2.45) is 0 Å². The van der Waals surface area contributed by atoms with Crippen LogP contribution in [0.15, 0.2) is 48.5 Å². The standard InChI is InChI=1S/C17H15F2NO/c1-2-12-3-5-13(6-4-12)7-10-17(21)20-16-11-14(18)8-9-15(16)19/h3-11H,2H2,1H3,(H,20,21)/b10-7+. The fourth-order valence-electron chi connectivity index (χ4n) is 1.80. The summed E-state index contributed by atoms with van der Waals surface area (Å²) in [5, 5.41) is 2.30. The van der Waals surface area contributed by atoms with E-state index in [1.54, 1.807) is 6.08 Å². The van der Waals surface area contributed by atoms with Gasteiger partial charge in [0.1, 0.15) is 11.6 Å². The van der Waals surface area contributed by atoms with Gasteiger partial charge in [0.05, 0.1) is 5.69 Å². The Morgan fingerprint density at radius 3 is 2.52 bits per heavy atom. The summed E-state index contributed by atoms with van der Waals surface area (Å²) < 4.78 is 26.4. The first-order valence-electron chi connectivity index (χ1n) is 6.61. The maximum absolute atomic E-state index is 13.4. The summed E-state index contributed by atoms with van der Waals surface area (Å²) >= 11 is 0. The van der Waals surface area contributed by atoms with Gasteiger partial charge in [-0.3, -0.25) is 4.79 Å². The van der Waals surface area contributed by atoms with Crippen LogP contribution in [0.25, 0.3) is 6.08 Å². The lowest BCUT2D eigenvalue weighted by atomic mass is 10.1. The van der Waals surface area contributed by atoms with Gasteiger partial charge in [0.25, 0.3) is 0 Å². The summed E-state index contributed by atoms with van der Waals surface area (Å²) in [4.78, 5) is 11.7. The van der Waals surface area contributed by atoms with Crippen LogP contribution in [0, 0.1) is 11.6 Å². The van der Waals surface area contributed by atoms with E-state index in [0.717, 1.165) is 30.2 Å². The van der Waals surface area contributed by atoms with Crippen molar-refractivity contribution < 1.29 is 13.6 Å². The maximum atomic E-state index is 13.4. The Bertz CT molecular complexity index is 663. The molecular weight excluding hydrogens is 272 g/mol. The molecular formula is C17H15F2NO. The molecule has 0 saturated carbocycles. The van der Waals surface area contributed by atoms with Gasteiger partial charge in [0.2, 0.25) is 5.91 Å². The average Bonchev–Trinajstić information content (AvgIpc) is 2.49. The fraction of sp³-hybridized carbons (Fsp3) is 0.118. The first kappa shape index (κ1) is 14.9. The van der Waals surface area contributed by atoms with Crippen molar-refractivity contribution in [2.45, 2.75) is 13.3 Å². The van der Waals surface area contributed by atoms with Crippen molar-refractivity contribution in [1.82, 2.24) is 0 Å². The summed E-state index contributed by atoms with van der Waals surface area (Å²) in [7, 11) is 0. The molecule has 0 radical (unpaired) electrons. The van der Waals surface area contributed by atoms with Crippen molar-refractivity contribution in [3.63, 3.8) is 0 Å². The third-order valence-electron chi connectivity index (χ3n) is 3.00. The van der Waals surface area contributed by atoms with Gasteiger partial charge in [0.15, 0.2) is 0 Å². The summed E-state index contributed by atoms with van der Waals surface area (Å²) in [6, 6.07) is 10.6. The van der Waals surface area contributed by atoms with Gasteiger partial charge in [0, 0.05) is 12.1 Å². The molecule has 108 valence electrons. The minimum Gasteiger partial charge on any atom is -0.320 e. The van der Waals surface area contributed by atoms with E-state index in [1.165, 1.54) is 11.6 Å². The number of carbonyl (C=O) groups is 1. The minimum atomic E-state index is -0.676. The zero-order valence-corrected chi connectivity index (χ0v) is 11.6. The van der Waals surface area contributed by atoms with Crippen LogP contribution in [0.2, 0.25) is 0 Å². The highest BCUT2D eigenvalue weighted by Crippen LogP contribution is 2.15. The molecule has 0 unspecified atom stereocenters. The lowest BCUT2D eigenvalue weighted by Crippen LogP contribution is -2.09. The summed E-state index contributed by atoms with van der Waals surface area (Å²) in [5.41, 5.74) is 1.89. The Kier molecular flexibility index (Phi) is 4.82. The van der Waals surface area contributed by atoms with E-state index in [2.05, 4.69) is 12.2 Å². The molecule has 2 rings (SSSR count). The van der Waals surface area contributed by atoms with Crippen LogP contribution in [-0.4, -0.2) is 5.91 Å². The van der Waals surface area contributed by atoms with Crippen molar-refractivity contribution in [1.29, 1.82) is 0 Å². The second kappa shape index (κ2) is 6.79. The molecule has 21 heavy (non-hydrogen) atoms. The predicted octanol–water partition coefficient (Wildman–Crippen LogP) is 4.18. The second-order valence-corrected chi connectivity index (χ2v) is 4.54. The lowest BCUT2D eigenvalue weighted by Gasteiger charge is -2.03. The molecule has 4 heteroatoms. The van der Waals surface area contributed by atoms with Crippen molar-refractivity contribution >= 4 is 17.7 Å². The number of hydrogen-bond donors (Lipinski definition) is 1. The Labute approximate surface area is 122 Å². The molecule has 0 fully saturated rings. The number of hydrogen-bond acceptors (Lipinski definition) is 1. The van der Waals surface area contributed by atoms with E-state index < -0.39 is 17.5 Å². The molecule has 0 spiro atoms. The predicted molar refractivity (Wildman–Crippen MR) is 79.8 cm³/mol. The molecule has 0 bridgehead atoms. The van der Waals surface area contributed by atoms with Gasteiger partial charge >= 0.3 is 0 Å². The fourth-order valence-corrected chi connectivity index (χ4v) is 1.80. The molecule has 0 heterocycles. The number of anilines is 1. The molecule has 0 aliphatic heterocycles. The average molecular weight is 287 g/mol. The SMILES string of the molecule is CCc1ccc(/C=C/C(=O)Nc2cc(F)ccc2F)cc1. The first-order valence-corrected chi connectivity index (χ1v) is 6.61. The van der Waals surface area contributed by atoms with E-state index in [1.807, 2.05) is 24.3 Å². The highest BCUT2D eigenvalue weighted by molar-refractivity contribution is 6.01. The highest BCUT2D eigenvalue weighted by Gasteiger charge is 2.05. The Balaban J connectivity index is 2.03. The molecule has 1 N–H and O–H groups in total. The van der Waals surface area contributed by atoms with Gasteiger partial charge < -0.3 is 5.32 Å². The van der Waals surface area contributed by atoms with Crippen LogP contribution in [0.1, 0.15) is 18.1 Å². The summed E-state index contributed by atoms with van der Waals surface area (Å²) in [6.07, 6.45) is 3.85. The monoisotopic (exact) mass is 287 g/mol. The Morgan fingerprint density at radius 2 is 1.86 bits per heavy atom. The molecule has 0 atom stereocenters. The lowest BCUT2D eigenvalue weighted by molar-refractivity contribution is -0.111. The van der Waals surface area contributed by atoms with Gasteiger partial charge in [-0.1, -0.05) is 31.2 Å². The van der Waals surface area contributed by atoms with Crippen LogP contribution < -0.4 is 5.32 Å². The van der Waals surface area contributed by atoms with Crippen LogP contribution in [0.4, 0.5) is 14.5 Å². The van der Waals surface area contributed by atoms with Crippen LogP contribution in [0.5, 0.6) is 0 Å². The van der Waals surface area contributed by atoms with E-state index in [-0.39, 0.29) is 5.69 Å². The van der Waals surface area contributed by atoms with Crippen LogP contribution in [0.3, 0.4) is 0 Å². The molecule has 2 nitrogen and oxygen atoms in total. The Hall–Kier alpha value is -2.49. The smallest absolute Gasteiger partial charge is 0.248 e. The number of nitrogens with one attached hydrogen (secondary N) is 1. The van der Waals surface area contributed by atoms with E-state index >= 15 is 0 Å². The number of amides is 1. The normalized spacial score (nSPS) is 10.8. The third-order valence-corrected chi connectivity index (χ3v) is 3.00. The first-order chi connectivity index (χ1) is 10.1. The summed E-state index contributed by atoms with van der Waals surface area (Å²) in [6.45, 7) is 2.06. The quantitative estimate of drug-likeness (QED) is 0.840. The van der Waals surface area contributed by atoms with Crippen LogP contribution in [-0.2, 0) is 11.2 Å². The van der Waals surface area contributed by atoms with Gasteiger partial charge in [-0.15, -0.1) is 0 Å². The molecule has 2 aromatic carbocycles. The van der Waals surface area contributed by atoms with E-state index in [0.29, 0.717) is 0 Å². The Morgan fingerprint density at radius 1 is 1.14 bits per heavy atom. The minimum absolute atomic E-state index is 0.175. The third kappa shape index (κ3) is 4.24. The molecule has 2 aromatic rings. The van der Waals surface area contributed by atoms with Crippen molar-refractivity contribution in [3.8, 4) is 0 Å². The maximum Gasteiger partial charge on any atom is 0.248 e. The van der Waals surface area contributed by atoms with Gasteiger partial charge in [-0.05, 0) is 35.8 Å². The largest absolute Gasteiger partial charge is 0.320 e. The number of carbonyl (C=O) groups excluding carboxylic acids is 1. The molecule has 1 amide bonds. The number of halogens is 2. The molecule has 0 aliphatic rings. The van der Waals surface area contributed by atoms with Gasteiger partial charge in [-0.25, -0.2) is 8.78 Å². The van der Waals surface area contributed by atoms with E-state index in [9.17, 15) is 13.6 Å². The van der Waals surface area contributed by atoms with Gasteiger partial charge in [-0.2, -0.15) is 0 Å². The summed E-state index contributed by atoms with van der Waals surface area (Å²) in [5.74, 6) is -1.80. The topological polar surface area (TPSA) is 29.1 Å². The van der Waals surface area contributed by atoms with Crippen molar-refractivity contribution in [2.75, 3.05) is 5.32 Å². The number of aryl methyl sites for hydroxylation is 1. The molecule has 0 saturated heterocycles. The highest BCUT2D eigenvalue weighted by atomic mass is 19.1. The second-order valence-electron chi connectivity index (χ2n) is 4.54. The van der Waals surface area contributed by atoms with E-state index in [4.69, 9.17) is 0 Å². The van der Waals surface area contributed by atoms with Crippen molar-refractivity contribution in [3.05, 3.63) is 71.3 Å². The molecule has 0 aliphatic carbocycles. The molecule has 0 aromatic heterocycles.